The fourth-order valence-corrected chi connectivity index (χ4v) is 3.53. The second-order valence-corrected chi connectivity index (χ2v) is 9.11. The predicted octanol–water partition coefficient (Wildman–Crippen LogP) is 1.95. The average Bonchev–Trinajstić information content (AvgIpc) is 2.64. The van der Waals surface area contributed by atoms with Crippen LogP contribution in [0, 0.1) is 5.82 Å². The third-order valence-corrected chi connectivity index (χ3v) is 6.73. The Hall–Kier alpha value is -2.86. The number of halogens is 3. The first-order valence-corrected chi connectivity index (χ1v) is 10.4. The van der Waals surface area contributed by atoms with Gasteiger partial charge in [-0.25, -0.2) is 18.3 Å². The second-order valence-electron chi connectivity index (χ2n) is 6.66. The molecule has 2 N–H and O–H groups in total. The van der Waals surface area contributed by atoms with Crippen molar-refractivity contribution < 1.29 is 36.3 Å². The van der Waals surface area contributed by atoms with Crippen molar-refractivity contribution in [3.05, 3.63) is 52.7 Å². The van der Waals surface area contributed by atoms with E-state index in [-0.39, 0.29) is 29.8 Å². The molecule has 8 nitrogen and oxygen atoms in total. The van der Waals surface area contributed by atoms with Crippen molar-refractivity contribution in [1.82, 2.24) is 10.0 Å². The van der Waals surface area contributed by atoms with Crippen molar-refractivity contribution in [3.8, 4) is 16.9 Å². The lowest BCUT2D eigenvalue weighted by molar-refractivity contribution is -0.131. The molecule has 0 unspecified atom stereocenters. The van der Waals surface area contributed by atoms with Gasteiger partial charge in [0, 0.05) is 36.7 Å². The summed E-state index contributed by atoms with van der Waals surface area (Å²) in [4.78, 5) is 24.2. The third kappa shape index (κ3) is 5.00. The second kappa shape index (κ2) is 8.88. The summed E-state index contributed by atoms with van der Waals surface area (Å²) in [6.45, 7) is -2.17. The predicted molar refractivity (Wildman–Crippen MR) is 101 cm³/mol. The Morgan fingerprint density at radius 1 is 1.30 bits per heavy atom. The van der Waals surface area contributed by atoms with Crippen LogP contribution >= 0.6 is 0 Å². The van der Waals surface area contributed by atoms with Gasteiger partial charge >= 0.3 is 6.61 Å². The first kappa shape index (κ1) is 23.4. The molecule has 0 saturated carbocycles. The zero-order valence-electron chi connectivity index (χ0n) is 15.9. The summed E-state index contributed by atoms with van der Waals surface area (Å²) in [6, 6.07) is 5.52. The van der Waals surface area contributed by atoms with Crippen molar-refractivity contribution in [1.29, 1.82) is 0 Å². The molecule has 30 heavy (non-hydrogen) atoms. The number of pyridine rings is 1. The van der Waals surface area contributed by atoms with Gasteiger partial charge in [-0.1, -0.05) is 0 Å². The topological polar surface area (TPSA) is 115 Å². The van der Waals surface area contributed by atoms with E-state index in [9.17, 15) is 31.2 Å². The third-order valence-electron chi connectivity index (χ3n) is 4.70. The molecular weight excluding hydrogens is 429 g/mol. The van der Waals surface area contributed by atoms with Crippen LogP contribution in [-0.4, -0.2) is 41.7 Å². The molecule has 0 aliphatic heterocycles. The van der Waals surface area contributed by atoms with Crippen molar-refractivity contribution in [2.24, 2.45) is 0 Å². The molecule has 1 aromatic carbocycles. The quantitative estimate of drug-likeness (QED) is 0.471. The van der Waals surface area contributed by atoms with E-state index in [0.717, 1.165) is 35.9 Å². The SMILES string of the molecule is C[C@@](CCn1ccc(-c2ccc(OC(F)F)cc2F)cc1=O)(C(=O)NO)S(C)(=O)=O. The molecule has 2 aromatic rings. The number of aromatic nitrogens is 1. The van der Waals surface area contributed by atoms with Crippen LogP contribution in [-0.2, 0) is 21.2 Å². The largest absolute Gasteiger partial charge is 0.435 e. The molecular formula is C18H19F3N2O6S. The molecule has 2 rings (SSSR count). The highest BCUT2D eigenvalue weighted by Gasteiger charge is 2.43. The molecule has 0 aliphatic rings. The average molecular weight is 448 g/mol. The number of ether oxygens (including phenoxy) is 1. The Morgan fingerprint density at radius 2 is 1.97 bits per heavy atom. The summed E-state index contributed by atoms with van der Waals surface area (Å²) in [5.74, 6) is -2.39. The van der Waals surface area contributed by atoms with Gasteiger partial charge in [0.15, 0.2) is 14.6 Å². The van der Waals surface area contributed by atoms with Crippen LogP contribution in [0.2, 0.25) is 0 Å². The molecule has 0 spiro atoms. The first-order chi connectivity index (χ1) is 13.9. The fraction of sp³-hybridized carbons (Fsp3) is 0.333. The zero-order valence-corrected chi connectivity index (χ0v) is 16.7. The van der Waals surface area contributed by atoms with Gasteiger partial charge in [-0.05, 0) is 37.1 Å². The van der Waals surface area contributed by atoms with Gasteiger partial charge in [-0.2, -0.15) is 8.78 Å². The highest BCUT2D eigenvalue weighted by Crippen LogP contribution is 2.26. The van der Waals surface area contributed by atoms with Crippen molar-refractivity contribution in [3.63, 3.8) is 0 Å². The maximum atomic E-state index is 14.2. The number of rotatable bonds is 8. The summed E-state index contributed by atoms with van der Waals surface area (Å²) in [7, 11) is -3.93. The number of amides is 1. The molecule has 0 aliphatic carbocycles. The number of alkyl halides is 2. The number of hydrogen-bond donors (Lipinski definition) is 2. The van der Waals surface area contributed by atoms with E-state index in [1.807, 2.05) is 0 Å². The van der Waals surface area contributed by atoms with Gasteiger partial charge in [0.2, 0.25) is 0 Å². The highest BCUT2D eigenvalue weighted by atomic mass is 32.2. The molecule has 1 aromatic heterocycles. The highest BCUT2D eigenvalue weighted by molar-refractivity contribution is 7.92. The molecule has 1 amide bonds. The van der Waals surface area contributed by atoms with Gasteiger partial charge in [0.25, 0.3) is 11.5 Å². The molecule has 0 bridgehead atoms. The first-order valence-electron chi connectivity index (χ1n) is 8.48. The van der Waals surface area contributed by atoms with Gasteiger partial charge in [-0.3, -0.25) is 14.8 Å². The zero-order chi connectivity index (χ0) is 22.7. The Balaban J connectivity index is 2.28. The van der Waals surface area contributed by atoms with Crippen LogP contribution in [0.3, 0.4) is 0 Å². The van der Waals surface area contributed by atoms with Gasteiger partial charge < -0.3 is 9.30 Å². The fourth-order valence-electron chi connectivity index (χ4n) is 2.69. The van der Waals surface area contributed by atoms with Crippen molar-refractivity contribution >= 4 is 15.7 Å². The smallest absolute Gasteiger partial charge is 0.387 e. The molecule has 164 valence electrons. The summed E-state index contributed by atoms with van der Waals surface area (Å²) in [5.41, 5.74) is 0.838. The van der Waals surface area contributed by atoms with E-state index in [1.165, 1.54) is 23.8 Å². The van der Waals surface area contributed by atoms with Gasteiger partial charge in [-0.15, -0.1) is 0 Å². The van der Waals surface area contributed by atoms with Gasteiger partial charge in [0.1, 0.15) is 11.6 Å². The molecule has 0 saturated heterocycles. The number of carbonyl (C=O) groups excluding carboxylic acids is 1. The lowest BCUT2D eigenvalue weighted by Gasteiger charge is -2.25. The minimum atomic E-state index is -3.93. The number of nitrogens with one attached hydrogen (secondary N) is 1. The monoisotopic (exact) mass is 448 g/mol. The molecule has 12 heteroatoms. The van der Waals surface area contributed by atoms with E-state index < -0.39 is 38.5 Å². The summed E-state index contributed by atoms with van der Waals surface area (Å²) >= 11 is 0. The van der Waals surface area contributed by atoms with Crippen LogP contribution in [0.4, 0.5) is 13.2 Å². The summed E-state index contributed by atoms with van der Waals surface area (Å²) in [5, 5.41) is 8.82. The maximum Gasteiger partial charge on any atom is 0.387 e. The van der Waals surface area contributed by atoms with E-state index in [0.29, 0.717) is 0 Å². The Kier molecular flexibility index (Phi) is 6.93. The number of aryl methyl sites for hydroxylation is 1. The lowest BCUT2D eigenvalue weighted by atomic mass is 10.1. The van der Waals surface area contributed by atoms with E-state index in [1.54, 1.807) is 0 Å². The standard InChI is InChI=1S/C18H19F3N2O6S/c1-18(16(25)22-26,30(2,27)28)6-8-23-7-5-11(9-15(23)24)13-4-3-12(10-14(13)19)29-17(20)21/h3-5,7,9-10,17,26H,6,8H2,1-2H3,(H,22,25)/t18-/m1/s1. The van der Waals surface area contributed by atoms with Crippen molar-refractivity contribution in [2.45, 2.75) is 31.2 Å². The van der Waals surface area contributed by atoms with E-state index in [2.05, 4.69) is 4.74 Å². The Bertz CT molecular complexity index is 1100. The number of benzene rings is 1. The maximum absolute atomic E-state index is 14.2. The Morgan fingerprint density at radius 3 is 2.47 bits per heavy atom. The van der Waals surface area contributed by atoms with E-state index >= 15 is 0 Å². The van der Waals surface area contributed by atoms with E-state index in [4.69, 9.17) is 5.21 Å². The minimum Gasteiger partial charge on any atom is -0.435 e. The number of carbonyl (C=O) groups is 1. The minimum absolute atomic E-state index is 0.0264. The number of hydrogen-bond acceptors (Lipinski definition) is 6. The number of hydroxylamine groups is 1. The molecule has 1 heterocycles. The van der Waals surface area contributed by atoms with Crippen LogP contribution in [0.25, 0.3) is 11.1 Å². The lowest BCUT2D eigenvalue weighted by Crippen LogP contribution is -2.49. The van der Waals surface area contributed by atoms with Crippen LogP contribution < -0.4 is 15.8 Å². The van der Waals surface area contributed by atoms with Crippen molar-refractivity contribution in [2.75, 3.05) is 6.26 Å². The Labute approximate surface area is 169 Å². The number of nitrogens with zero attached hydrogens (tertiary/aromatic N) is 1. The molecule has 0 radical (unpaired) electrons. The van der Waals surface area contributed by atoms with Crippen LogP contribution in [0.5, 0.6) is 5.75 Å². The molecule has 1 atom stereocenters. The molecule has 0 fully saturated rings. The normalized spacial score (nSPS) is 13.7. The summed E-state index contributed by atoms with van der Waals surface area (Å²) < 4.78 is 65.8. The number of sulfone groups is 1. The summed E-state index contributed by atoms with van der Waals surface area (Å²) in [6.07, 6.45) is 1.80. The van der Waals surface area contributed by atoms with Crippen LogP contribution in [0.15, 0.2) is 41.3 Å². The van der Waals surface area contributed by atoms with Gasteiger partial charge in [0.05, 0.1) is 0 Å². The van der Waals surface area contributed by atoms with Crippen LogP contribution in [0.1, 0.15) is 13.3 Å².